The predicted molar refractivity (Wildman–Crippen MR) is 136 cm³/mol. The van der Waals surface area contributed by atoms with Crippen LogP contribution >= 0.6 is 11.3 Å². The van der Waals surface area contributed by atoms with Crippen molar-refractivity contribution in [3.05, 3.63) is 71.3 Å². The molecule has 0 spiro atoms. The molecular weight excluding hydrogens is 446 g/mol. The number of likely N-dealkylation sites (N-methyl/N-ethyl adjacent to an activating group) is 1. The third kappa shape index (κ3) is 4.43. The number of aryl methyl sites for hydroxylation is 1. The number of nitrogens with zero attached hydrogens (tertiary/aromatic N) is 7. The summed E-state index contributed by atoms with van der Waals surface area (Å²) in [6.45, 7) is 6.03. The summed E-state index contributed by atoms with van der Waals surface area (Å²) in [4.78, 5) is 39.2. The van der Waals surface area contributed by atoms with Gasteiger partial charge in [-0.05, 0) is 36.8 Å². The second kappa shape index (κ2) is 9.72. The van der Waals surface area contributed by atoms with Crippen molar-refractivity contribution in [2.45, 2.75) is 13.3 Å². The summed E-state index contributed by atoms with van der Waals surface area (Å²) < 4.78 is 0. The molecule has 0 atom stereocenters. The molecule has 0 saturated carbocycles. The van der Waals surface area contributed by atoms with E-state index >= 15 is 0 Å². The van der Waals surface area contributed by atoms with Gasteiger partial charge in [0.1, 0.15) is 22.8 Å². The lowest BCUT2D eigenvalue weighted by Crippen LogP contribution is -2.47. The molecule has 0 bridgehead atoms. The van der Waals surface area contributed by atoms with Crippen molar-refractivity contribution in [3.8, 4) is 0 Å². The molecule has 0 aliphatic carbocycles. The molecule has 0 unspecified atom stereocenters. The zero-order valence-corrected chi connectivity index (χ0v) is 20.2. The molecule has 4 aromatic heterocycles. The first-order valence-electron chi connectivity index (χ1n) is 11.4. The van der Waals surface area contributed by atoms with E-state index in [1.807, 2.05) is 56.6 Å². The molecular formula is C25H27N7OS. The minimum absolute atomic E-state index is 0.0161. The van der Waals surface area contributed by atoms with Gasteiger partial charge in [-0.15, -0.1) is 11.3 Å². The lowest BCUT2D eigenvalue weighted by molar-refractivity contribution is 0.0800. The number of anilines is 2. The van der Waals surface area contributed by atoms with Crippen LogP contribution in [0.1, 0.15) is 20.9 Å². The fraction of sp³-hybridized carbons (Fsp3) is 0.320. The van der Waals surface area contributed by atoms with Gasteiger partial charge in [0, 0.05) is 64.3 Å². The minimum atomic E-state index is 0.0161. The SMILES string of the molecule is Cc1c(C(=O)N(C)CCc2ccccn2)sc2ncnc(N3CCN(c4ccccn4)CC3)c12. The van der Waals surface area contributed by atoms with Gasteiger partial charge in [0.2, 0.25) is 0 Å². The van der Waals surface area contributed by atoms with Gasteiger partial charge in [0.25, 0.3) is 5.91 Å². The third-order valence-electron chi connectivity index (χ3n) is 6.23. The van der Waals surface area contributed by atoms with Crippen molar-refractivity contribution in [1.29, 1.82) is 0 Å². The molecule has 174 valence electrons. The van der Waals surface area contributed by atoms with Crippen LogP contribution in [0.4, 0.5) is 11.6 Å². The lowest BCUT2D eigenvalue weighted by atomic mass is 10.1. The monoisotopic (exact) mass is 473 g/mol. The maximum absolute atomic E-state index is 13.3. The number of rotatable bonds is 6. The summed E-state index contributed by atoms with van der Waals surface area (Å²) in [6, 6.07) is 11.9. The molecule has 1 saturated heterocycles. The van der Waals surface area contributed by atoms with Crippen LogP contribution in [-0.2, 0) is 6.42 Å². The lowest BCUT2D eigenvalue weighted by Gasteiger charge is -2.36. The van der Waals surface area contributed by atoms with E-state index in [4.69, 9.17) is 0 Å². The smallest absolute Gasteiger partial charge is 0.264 e. The fourth-order valence-corrected chi connectivity index (χ4v) is 5.43. The summed E-state index contributed by atoms with van der Waals surface area (Å²) in [6.07, 6.45) is 5.94. The van der Waals surface area contributed by atoms with E-state index in [-0.39, 0.29) is 5.91 Å². The third-order valence-corrected chi connectivity index (χ3v) is 7.42. The van der Waals surface area contributed by atoms with E-state index in [1.165, 1.54) is 11.3 Å². The van der Waals surface area contributed by atoms with E-state index in [0.717, 1.165) is 70.6 Å². The number of pyridine rings is 2. The standard InChI is InChI=1S/C25H27N7OS/c1-18-21-23(32-15-13-31(14-16-32)20-8-4-6-11-27-20)28-17-29-24(21)34-22(18)25(33)30(2)12-9-19-7-3-5-10-26-19/h3-8,10-11,17H,9,12-16H2,1-2H3. The van der Waals surface area contributed by atoms with Crippen LogP contribution in [0, 0.1) is 6.92 Å². The van der Waals surface area contributed by atoms with Gasteiger partial charge in [-0.1, -0.05) is 12.1 Å². The topological polar surface area (TPSA) is 78.4 Å². The maximum atomic E-state index is 13.3. The van der Waals surface area contributed by atoms with E-state index in [2.05, 4.69) is 29.7 Å². The molecule has 9 heteroatoms. The number of hydrogen-bond acceptors (Lipinski definition) is 8. The number of carbonyl (C=O) groups is 1. The Hall–Kier alpha value is -3.59. The molecule has 8 nitrogen and oxygen atoms in total. The number of amides is 1. The first-order chi connectivity index (χ1) is 16.6. The summed E-state index contributed by atoms with van der Waals surface area (Å²) in [5, 5.41) is 0.986. The highest BCUT2D eigenvalue weighted by Crippen LogP contribution is 2.36. The zero-order chi connectivity index (χ0) is 23.5. The number of piperazine rings is 1. The fourth-order valence-electron chi connectivity index (χ4n) is 4.29. The van der Waals surface area contributed by atoms with Crippen molar-refractivity contribution < 1.29 is 4.79 Å². The molecule has 4 aromatic rings. The molecule has 1 amide bonds. The van der Waals surface area contributed by atoms with Crippen molar-refractivity contribution in [1.82, 2.24) is 24.8 Å². The second-order valence-electron chi connectivity index (χ2n) is 8.39. The largest absolute Gasteiger partial charge is 0.353 e. The predicted octanol–water partition coefficient (Wildman–Crippen LogP) is 3.43. The Kier molecular flexibility index (Phi) is 6.35. The van der Waals surface area contributed by atoms with Crippen molar-refractivity contribution >= 4 is 39.1 Å². The normalized spacial score (nSPS) is 13.9. The van der Waals surface area contributed by atoms with Crippen LogP contribution in [0.3, 0.4) is 0 Å². The van der Waals surface area contributed by atoms with Crippen molar-refractivity contribution in [3.63, 3.8) is 0 Å². The van der Waals surface area contributed by atoms with E-state index in [0.29, 0.717) is 6.54 Å². The Morgan fingerprint density at radius 1 is 0.971 bits per heavy atom. The number of aromatic nitrogens is 4. The average molecular weight is 474 g/mol. The van der Waals surface area contributed by atoms with Gasteiger partial charge in [0.15, 0.2) is 0 Å². The number of carbonyl (C=O) groups excluding carboxylic acids is 1. The second-order valence-corrected chi connectivity index (χ2v) is 9.39. The van der Waals surface area contributed by atoms with E-state index < -0.39 is 0 Å². The van der Waals surface area contributed by atoms with Crippen LogP contribution in [0.5, 0.6) is 0 Å². The minimum Gasteiger partial charge on any atom is -0.353 e. The maximum Gasteiger partial charge on any atom is 0.264 e. The Balaban J connectivity index is 1.33. The first kappa shape index (κ1) is 22.2. The Morgan fingerprint density at radius 2 is 1.71 bits per heavy atom. The van der Waals surface area contributed by atoms with Gasteiger partial charge in [0.05, 0.1) is 10.3 Å². The number of thiophene rings is 1. The van der Waals surface area contributed by atoms with Crippen LogP contribution < -0.4 is 9.80 Å². The molecule has 1 aliphatic rings. The van der Waals surface area contributed by atoms with Crippen LogP contribution in [0.25, 0.3) is 10.2 Å². The average Bonchev–Trinajstić information content (AvgIpc) is 3.24. The summed E-state index contributed by atoms with van der Waals surface area (Å²) in [5.74, 6) is 1.93. The van der Waals surface area contributed by atoms with Gasteiger partial charge < -0.3 is 14.7 Å². The van der Waals surface area contributed by atoms with Gasteiger partial charge in [-0.25, -0.2) is 15.0 Å². The Bertz CT molecular complexity index is 1270. The van der Waals surface area contributed by atoms with Crippen LogP contribution in [0.2, 0.25) is 0 Å². The molecule has 1 aliphatic heterocycles. The highest BCUT2D eigenvalue weighted by molar-refractivity contribution is 7.20. The number of hydrogen-bond donors (Lipinski definition) is 0. The molecule has 0 N–H and O–H groups in total. The molecule has 34 heavy (non-hydrogen) atoms. The molecule has 5 heterocycles. The van der Waals surface area contributed by atoms with E-state index in [1.54, 1.807) is 17.4 Å². The van der Waals surface area contributed by atoms with Gasteiger partial charge in [-0.2, -0.15) is 0 Å². The van der Waals surface area contributed by atoms with Crippen molar-refractivity contribution in [2.24, 2.45) is 0 Å². The number of fused-ring (bicyclic) bond motifs is 1. The molecule has 0 aromatic carbocycles. The zero-order valence-electron chi connectivity index (χ0n) is 19.4. The first-order valence-corrected chi connectivity index (χ1v) is 12.2. The van der Waals surface area contributed by atoms with Crippen molar-refractivity contribution in [2.75, 3.05) is 49.6 Å². The molecule has 5 rings (SSSR count). The molecule has 0 radical (unpaired) electrons. The van der Waals surface area contributed by atoms with Gasteiger partial charge in [-0.3, -0.25) is 9.78 Å². The summed E-state index contributed by atoms with van der Waals surface area (Å²) >= 11 is 1.45. The quantitative estimate of drug-likeness (QED) is 0.425. The molecule has 1 fully saturated rings. The highest BCUT2D eigenvalue weighted by Gasteiger charge is 2.26. The van der Waals surface area contributed by atoms with E-state index in [9.17, 15) is 4.79 Å². The summed E-state index contributed by atoms with van der Waals surface area (Å²) in [5.41, 5.74) is 1.94. The highest BCUT2D eigenvalue weighted by atomic mass is 32.1. The van der Waals surface area contributed by atoms with Gasteiger partial charge >= 0.3 is 0 Å². The summed E-state index contributed by atoms with van der Waals surface area (Å²) in [7, 11) is 1.85. The van der Waals surface area contributed by atoms with Crippen LogP contribution in [0.15, 0.2) is 55.1 Å². The Labute approximate surface area is 202 Å². The van der Waals surface area contributed by atoms with Crippen LogP contribution in [-0.4, -0.2) is 70.5 Å². The Morgan fingerprint density at radius 3 is 2.41 bits per heavy atom.